The largest absolute Gasteiger partial charge is 1.00 e. The number of hydrogen-bond acceptors (Lipinski definition) is 30. The van der Waals surface area contributed by atoms with Crippen molar-refractivity contribution in [1.82, 2.24) is 44.9 Å². The molecule has 0 aliphatic heterocycles. The van der Waals surface area contributed by atoms with Crippen LogP contribution in [0.3, 0.4) is 0 Å². The van der Waals surface area contributed by atoms with Gasteiger partial charge in [-0.05, 0) is 249 Å². The summed E-state index contributed by atoms with van der Waals surface area (Å²) in [5, 5.41) is 120. The van der Waals surface area contributed by atoms with Crippen molar-refractivity contribution in [3.8, 4) is 69.8 Å². The summed E-state index contributed by atoms with van der Waals surface area (Å²) >= 11 is 7.35. The second-order valence-corrected chi connectivity index (χ2v) is 37.4. The van der Waals surface area contributed by atoms with Crippen LogP contribution in [0.1, 0.15) is 97.3 Å². The summed E-state index contributed by atoms with van der Waals surface area (Å²) in [5.74, 6) is -2.05. The number of sulfone groups is 2. The fourth-order valence-corrected chi connectivity index (χ4v) is 17.2. The molecular formula is C97H79BClF3IKN22O15S2. The van der Waals surface area contributed by atoms with Crippen LogP contribution in [-0.4, -0.2) is 116 Å². The number of benzene rings is 8. The summed E-state index contributed by atoms with van der Waals surface area (Å²) in [5.41, 5.74) is 33.1. The number of halogens is 5. The first-order valence-corrected chi connectivity index (χ1v) is 46.1. The predicted octanol–water partition coefficient (Wildman–Crippen LogP) is 15.9. The SMILES string of the molecule is CCS(=O)(=O)c1cccc(-c2cc(C#N)cc3[nH]c4ncc(C)cc4c23)c1.CCS(=O)(=O)c1cccc(B(O)O)c1.Cc1cnc(F)c(-c2c(N)cc(C#N)cc2N)c1.Cc1cnc(F)c(-c2c([N+](=O)[O-])cc(C#N)cc2[N+](=O)[O-])c1.Cc1cnc(F)c(I)c1.Cc1cnc2[nH]c3c(C)c(C#N)cc(C)c3c2c1.Cc1cnc2[nH]c3c(C)c(C#N)cc(N)c3c2c1.N#Cc1cc([N+](=O)[O-])c(Cl)c([N+](=O)[O-])c1.[K+].[OH-]. The molecule has 143 heavy (non-hydrogen) atoms. The number of hydrogen-bond donors (Lipinski definition) is 8. The van der Waals surface area contributed by atoms with Crippen LogP contribution in [0.4, 0.5) is 53.0 Å². The van der Waals surface area contributed by atoms with E-state index in [1.165, 1.54) is 73.4 Å². The Labute approximate surface area is 874 Å². The number of H-pyrrole nitrogens is 3. The molecule has 0 saturated carbocycles. The number of aryl methyl sites for hydroxylation is 9. The Bertz CT molecular complexity index is 8260. The molecule has 0 radical (unpaired) electrons. The van der Waals surface area contributed by atoms with Gasteiger partial charge in [-0.2, -0.15) is 44.7 Å². The first-order chi connectivity index (χ1) is 66.7. The van der Waals surface area contributed by atoms with E-state index in [0.717, 1.165) is 146 Å². The molecule has 17 aromatic rings. The molecule has 12 N–H and O–H groups in total. The number of nitrogen functional groups attached to an aromatic ring is 3. The molecule has 0 atom stereocenters. The number of aromatic nitrogens is 9. The number of anilines is 3. The maximum Gasteiger partial charge on any atom is 1.00 e. The van der Waals surface area contributed by atoms with E-state index < -0.39 is 91.7 Å². The second-order valence-electron chi connectivity index (χ2n) is 31.3. The number of nitro groups is 4. The van der Waals surface area contributed by atoms with Crippen LogP contribution in [0, 0.1) is 192 Å². The summed E-state index contributed by atoms with van der Waals surface area (Å²) < 4.78 is 88.0. The first-order valence-electron chi connectivity index (χ1n) is 41.4. The van der Waals surface area contributed by atoms with Gasteiger partial charge >= 0.3 is 58.5 Å². The summed E-state index contributed by atoms with van der Waals surface area (Å²) in [7, 11) is -8.23. The van der Waals surface area contributed by atoms with E-state index in [4.69, 9.17) is 65.2 Å². The minimum atomic E-state index is -3.32. The van der Waals surface area contributed by atoms with E-state index in [-0.39, 0.29) is 123 Å². The van der Waals surface area contributed by atoms with Gasteiger partial charge in [0.25, 0.3) is 22.7 Å². The summed E-state index contributed by atoms with van der Waals surface area (Å²) in [4.78, 5) is 73.7. The molecule has 0 bridgehead atoms. The third-order valence-corrected chi connectivity index (χ3v) is 25.8. The number of nitrogens with one attached hydrogen (secondary N) is 3. The molecule has 0 fully saturated rings. The van der Waals surface area contributed by atoms with Crippen molar-refractivity contribution in [1.29, 1.82) is 31.6 Å². The molecule has 37 nitrogen and oxygen atoms in total. The number of fused-ring (bicyclic) bond motifs is 9. The molecule has 9 aromatic heterocycles. The summed E-state index contributed by atoms with van der Waals surface area (Å²) in [6, 6.07) is 48.8. The van der Waals surface area contributed by atoms with Crippen molar-refractivity contribution in [2.75, 3.05) is 28.7 Å². The molecule has 0 spiro atoms. The van der Waals surface area contributed by atoms with E-state index >= 15 is 0 Å². The quantitative estimate of drug-likeness (QED) is 0.0141. The van der Waals surface area contributed by atoms with E-state index in [2.05, 4.69) is 75.2 Å². The molecule has 0 aliphatic rings. The Kier molecular flexibility index (Phi) is 38.1. The van der Waals surface area contributed by atoms with Gasteiger partial charge in [0.15, 0.2) is 24.7 Å². The Morgan fingerprint density at radius 3 is 1.23 bits per heavy atom. The number of nitrogens with zero attached hydrogens (tertiary/aromatic N) is 16. The predicted molar refractivity (Wildman–Crippen MR) is 538 cm³/mol. The van der Waals surface area contributed by atoms with Gasteiger partial charge in [0.1, 0.15) is 22.5 Å². The van der Waals surface area contributed by atoms with Crippen molar-refractivity contribution >= 4 is 172 Å². The molecule has 718 valence electrons. The monoisotopic (exact) mass is 2120 g/mol. The maximum atomic E-state index is 13.9. The van der Waals surface area contributed by atoms with Gasteiger partial charge < -0.3 is 47.7 Å². The zero-order valence-corrected chi connectivity index (χ0v) is 85.3. The van der Waals surface area contributed by atoms with E-state index in [1.807, 2.05) is 108 Å². The fraction of sp³-hybridized carbons (Fsp3) is 0.134. The zero-order chi connectivity index (χ0) is 104. The average molecular weight is 2130 g/mol. The Balaban J connectivity index is 0.000000202. The van der Waals surface area contributed by atoms with Crippen molar-refractivity contribution < 1.29 is 117 Å². The van der Waals surface area contributed by atoms with Crippen LogP contribution in [0.15, 0.2) is 193 Å². The van der Waals surface area contributed by atoms with Crippen molar-refractivity contribution in [3.05, 3.63) is 333 Å². The van der Waals surface area contributed by atoms with E-state index in [0.29, 0.717) is 37.1 Å². The third kappa shape index (κ3) is 26.3. The molecule has 0 aliphatic carbocycles. The minimum Gasteiger partial charge on any atom is -0.870 e. The molecule has 0 saturated heterocycles. The summed E-state index contributed by atoms with van der Waals surface area (Å²) in [6.07, 6.45) is 9.59. The van der Waals surface area contributed by atoms with Gasteiger partial charge in [-0.1, -0.05) is 49.7 Å². The summed E-state index contributed by atoms with van der Waals surface area (Å²) in [6.45, 7) is 20.4. The Morgan fingerprint density at radius 2 is 0.804 bits per heavy atom. The molecule has 8 aromatic carbocycles. The average Bonchev–Trinajstić information content (AvgIpc) is 1.58. The van der Waals surface area contributed by atoms with Crippen LogP contribution >= 0.6 is 34.2 Å². The number of nitrogens with two attached hydrogens (primary N) is 3. The van der Waals surface area contributed by atoms with E-state index in [1.54, 1.807) is 87.6 Å². The van der Waals surface area contributed by atoms with E-state index in [9.17, 15) is 75.7 Å². The van der Waals surface area contributed by atoms with Gasteiger partial charge in [0.2, 0.25) is 17.8 Å². The maximum absolute atomic E-state index is 13.9. The Morgan fingerprint density at radius 1 is 0.434 bits per heavy atom. The van der Waals surface area contributed by atoms with Crippen molar-refractivity contribution in [2.45, 2.75) is 86.0 Å². The van der Waals surface area contributed by atoms with Crippen LogP contribution in [0.25, 0.3) is 99.2 Å². The van der Waals surface area contributed by atoms with Crippen LogP contribution in [0.2, 0.25) is 5.02 Å². The third-order valence-electron chi connectivity index (χ3n) is 21.2. The van der Waals surface area contributed by atoms with Crippen LogP contribution in [-0.2, 0) is 19.7 Å². The minimum absolute atomic E-state index is 0. The van der Waals surface area contributed by atoms with Gasteiger partial charge in [0, 0.05) is 127 Å². The normalized spacial score (nSPS) is 10.5. The number of aromatic amines is 3. The Hall–Kier alpha value is -15.7. The number of pyridine rings is 6. The van der Waals surface area contributed by atoms with Gasteiger partial charge in [-0.15, -0.1) is 0 Å². The molecular weight excluding hydrogens is 2050 g/mol. The van der Waals surface area contributed by atoms with Crippen molar-refractivity contribution in [2.24, 2.45) is 0 Å². The topological polar surface area (TPSA) is 657 Å². The van der Waals surface area contributed by atoms with Crippen LogP contribution in [0.5, 0.6) is 0 Å². The second kappa shape index (κ2) is 48.4. The fourth-order valence-electron chi connectivity index (χ4n) is 14.4. The number of nitro benzene ring substituents is 4. The number of nitriles is 6. The molecule has 9 heterocycles. The van der Waals surface area contributed by atoms with Crippen molar-refractivity contribution in [3.63, 3.8) is 0 Å². The molecule has 46 heteroatoms. The van der Waals surface area contributed by atoms with Gasteiger partial charge in [0.05, 0.1) is 131 Å². The first kappa shape index (κ1) is 113. The standard InChI is InChI=1S/C21H17N3O2S.C15H13N3.C14H12N4.C13H7FN4O4.C13H11FN4.C8H11BO4S.C7H2ClN3O4.C6H5FIN.K.H2O/c1-3-27(25,26)16-6-4-5-15(10-16)17-8-14(11-22)9-19-20(17)18-7-13(2)12-23-21(18)24-19;1-8-4-12-13-9(2)5-11(6-16)10(3)14(13)18-15(12)17-7-8;1-7-3-10-12-11(16)4-9(5-15)8(2)13(12)18-14(10)17-6-7;1-7-2-9(13(14)16-6-7)12-10(17(19)20)3-8(5-15)4-11(12)18(21)22;1-7-2-9(13(14)18-6-7)12-10(16)3-8(5-15)4-11(12)17;1-2-14(12,13)8-5-3-4-7(6-8)9(10)11;8-7-5(10(12)13)1-4(3-9)2-6(7)11(14)15;1-4-2-5(8)6(7)9-3-4;;/h4-10,12H,3H2,1-2H3,(H,23,24);4-5,7H,1-3H3,(H,17,18);3-4,6H,16H2,1-2H3,(H,17,18);2-4,6H,1H3;2-4,6H,16-17H2,1H3;3-6,10-11H,2H2,1H3;1-2H;2-3H,1H3;;1H2/q;;;;;;;;+1;/p-1. The molecule has 0 amide bonds. The van der Waals surface area contributed by atoms with Gasteiger partial charge in [-0.3, -0.25) is 40.5 Å². The van der Waals surface area contributed by atoms with Gasteiger partial charge in [-0.25, -0.2) is 46.7 Å². The van der Waals surface area contributed by atoms with Crippen LogP contribution < -0.4 is 74.0 Å². The zero-order valence-electron chi connectivity index (χ0n) is 77.6. The number of rotatable bonds is 12. The molecule has 0 unspecified atom stereocenters. The molecule has 17 rings (SSSR count). The smallest absolute Gasteiger partial charge is 0.870 e.